The largest absolute Gasteiger partial charge is 0.453 e. The van der Waals surface area contributed by atoms with Crippen LogP contribution in [0.4, 0.5) is 4.79 Å². The number of hydrogen-bond donors (Lipinski definition) is 1. The van der Waals surface area contributed by atoms with E-state index in [1.165, 1.54) is 14.2 Å². The maximum atomic E-state index is 9.85. The fourth-order valence-corrected chi connectivity index (χ4v) is 0.102. The van der Waals surface area contributed by atoms with Gasteiger partial charge >= 0.3 is 6.09 Å². The standard InChI is InChI=1S/C3H7NO2.Zn/c1-4-3(5)6-2;/h1-2H3,(H,4,5);. The summed E-state index contributed by atoms with van der Waals surface area (Å²) in [6.07, 6.45) is -0.407. The van der Waals surface area contributed by atoms with E-state index in [0.29, 0.717) is 0 Å². The molecule has 0 heterocycles. The van der Waals surface area contributed by atoms with Crippen molar-refractivity contribution in [2.24, 2.45) is 0 Å². The van der Waals surface area contributed by atoms with E-state index in [9.17, 15) is 4.79 Å². The summed E-state index contributed by atoms with van der Waals surface area (Å²) in [5, 5.41) is 2.25. The Morgan fingerprint density at radius 2 is 2.14 bits per heavy atom. The van der Waals surface area contributed by atoms with Gasteiger partial charge in [-0.2, -0.15) is 0 Å². The summed E-state index contributed by atoms with van der Waals surface area (Å²) in [4.78, 5) is 9.85. The molecule has 4 heteroatoms. The van der Waals surface area contributed by atoms with E-state index in [0.717, 1.165) is 0 Å². The van der Waals surface area contributed by atoms with Crippen LogP contribution in [0.3, 0.4) is 0 Å². The molecular weight excluding hydrogens is 147 g/mol. The number of alkyl carbamates (subject to hydrolysis) is 1. The number of methoxy groups -OCH3 is 1. The molecule has 0 aromatic carbocycles. The summed E-state index contributed by atoms with van der Waals surface area (Å²) in [6, 6.07) is 0. The van der Waals surface area contributed by atoms with Gasteiger partial charge in [-0.1, -0.05) is 0 Å². The van der Waals surface area contributed by atoms with E-state index in [4.69, 9.17) is 0 Å². The summed E-state index contributed by atoms with van der Waals surface area (Å²) < 4.78 is 4.15. The van der Waals surface area contributed by atoms with Crippen molar-refractivity contribution in [1.82, 2.24) is 5.32 Å². The van der Waals surface area contributed by atoms with Gasteiger partial charge in [-0.05, 0) is 0 Å². The Bertz CT molecular complexity index is 50.9. The number of nitrogens with one attached hydrogen (secondary N) is 1. The van der Waals surface area contributed by atoms with E-state index in [1.54, 1.807) is 0 Å². The minimum atomic E-state index is -0.407. The molecule has 0 aliphatic carbocycles. The zero-order valence-corrected chi connectivity index (χ0v) is 7.49. The molecule has 0 saturated carbocycles. The van der Waals surface area contributed by atoms with Gasteiger partial charge < -0.3 is 10.1 Å². The second-order valence-electron chi connectivity index (χ2n) is 0.742. The zero-order chi connectivity index (χ0) is 4.99. The van der Waals surface area contributed by atoms with Crippen LogP contribution in [0.2, 0.25) is 0 Å². The van der Waals surface area contributed by atoms with Gasteiger partial charge in [0.1, 0.15) is 0 Å². The first-order valence-corrected chi connectivity index (χ1v) is 1.57. The molecular formula is C3H7NO2Zn. The molecule has 0 fully saturated rings. The Morgan fingerprint density at radius 3 is 2.14 bits per heavy atom. The minimum Gasteiger partial charge on any atom is -0.453 e. The van der Waals surface area contributed by atoms with Gasteiger partial charge in [0, 0.05) is 26.5 Å². The Hall–Kier alpha value is -0.107. The molecule has 0 atom stereocenters. The van der Waals surface area contributed by atoms with E-state index in [1.807, 2.05) is 0 Å². The van der Waals surface area contributed by atoms with Gasteiger partial charge in [-0.15, -0.1) is 0 Å². The van der Waals surface area contributed by atoms with Crippen molar-refractivity contribution in [2.75, 3.05) is 14.2 Å². The van der Waals surface area contributed by atoms with Gasteiger partial charge in [-0.25, -0.2) is 4.79 Å². The van der Waals surface area contributed by atoms with Gasteiger partial charge in [-0.3, -0.25) is 0 Å². The van der Waals surface area contributed by atoms with E-state index >= 15 is 0 Å². The van der Waals surface area contributed by atoms with Gasteiger partial charge in [0.2, 0.25) is 0 Å². The fraction of sp³-hybridized carbons (Fsp3) is 0.667. The van der Waals surface area contributed by atoms with Crippen molar-refractivity contribution in [2.45, 2.75) is 0 Å². The molecule has 1 N–H and O–H groups in total. The second-order valence-corrected chi connectivity index (χ2v) is 0.742. The molecule has 0 unspecified atom stereocenters. The van der Waals surface area contributed by atoms with Crippen LogP contribution in [0.1, 0.15) is 0 Å². The molecule has 0 aliphatic rings. The number of carbonyl (C=O) groups excluding carboxylic acids is 1. The number of hydrogen-bond acceptors (Lipinski definition) is 2. The van der Waals surface area contributed by atoms with Crippen LogP contribution in [-0.4, -0.2) is 20.3 Å². The summed E-state index contributed by atoms with van der Waals surface area (Å²) in [5.74, 6) is 0. The molecule has 0 saturated heterocycles. The molecule has 38 valence electrons. The molecule has 7 heavy (non-hydrogen) atoms. The monoisotopic (exact) mass is 153 g/mol. The van der Waals surface area contributed by atoms with Crippen LogP contribution < -0.4 is 5.32 Å². The van der Waals surface area contributed by atoms with Crippen molar-refractivity contribution in [3.05, 3.63) is 0 Å². The molecule has 0 aliphatic heterocycles. The Kier molecular flexibility index (Phi) is 8.42. The first kappa shape index (κ1) is 10.00. The molecule has 0 radical (unpaired) electrons. The van der Waals surface area contributed by atoms with Crippen LogP contribution in [0.15, 0.2) is 0 Å². The predicted molar refractivity (Wildman–Crippen MR) is 21.5 cm³/mol. The maximum absolute atomic E-state index is 9.85. The van der Waals surface area contributed by atoms with Crippen molar-refractivity contribution < 1.29 is 29.0 Å². The molecule has 0 spiro atoms. The third-order valence-corrected chi connectivity index (χ3v) is 0.390. The second kappa shape index (κ2) is 5.89. The molecule has 0 rings (SSSR count). The molecule has 0 aromatic heterocycles. The maximum Gasteiger partial charge on any atom is 0.406 e. The van der Waals surface area contributed by atoms with Crippen LogP contribution in [0, 0.1) is 0 Å². The van der Waals surface area contributed by atoms with Gasteiger partial charge in [0.05, 0.1) is 7.11 Å². The third kappa shape index (κ3) is 5.89. The Labute approximate surface area is 55.2 Å². The van der Waals surface area contributed by atoms with Crippen LogP contribution in [-0.2, 0) is 24.2 Å². The minimum absolute atomic E-state index is 0. The van der Waals surface area contributed by atoms with Crippen molar-refractivity contribution in [3.63, 3.8) is 0 Å². The Balaban J connectivity index is 0. The smallest absolute Gasteiger partial charge is 0.406 e. The SMILES string of the molecule is CNC(=O)OC.[Zn]. The average molecular weight is 154 g/mol. The van der Waals surface area contributed by atoms with Crippen molar-refractivity contribution >= 4 is 6.09 Å². The fourth-order valence-electron chi connectivity index (χ4n) is 0.102. The normalized spacial score (nSPS) is 6.00. The average Bonchev–Trinajstić information content (AvgIpc) is 1.65. The molecule has 3 nitrogen and oxygen atoms in total. The number of amides is 1. The van der Waals surface area contributed by atoms with E-state index < -0.39 is 6.09 Å². The van der Waals surface area contributed by atoms with Gasteiger partial charge in [0.25, 0.3) is 0 Å². The third-order valence-electron chi connectivity index (χ3n) is 0.390. The summed E-state index contributed by atoms with van der Waals surface area (Å²) >= 11 is 0. The molecule has 0 aromatic rings. The number of ether oxygens (including phenoxy) is 1. The van der Waals surface area contributed by atoms with Crippen LogP contribution >= 0.6 is 0 Å². The van der Waals surface area contributed by atoms with Crippen LogP contribution in [0.5, 0.6) is 0 Å². The van der Waals surface area contributed by atoms with E-state index in [2.05, 4.69) is 10.1 Å². The molecule has 1 amide bonds. The number of rotatable bonds is 0. The first-order chi connectivity index (χ1) is 2.81. The van der Waals surface area contributed by atoms with Crippen LogP contribution in [0.25, 0.3) is 0 Å². The zero-order valence-electron chi connectivity index (χ0n) is 4.52. The van der Waals surface area contributed by atoms with E-state index in [-0.39, 0.29) is 19.5 Å². The topological polar surface area (TPSA) is 38.3 Å². The quantitative estimate of drug-likeness (QED) is 0.498. The molecule has 0 bridgehead atoms. The number of carbonyl (C=O) groups is 1. The summed E-state index contributed by atoms with van der Waals surface area (Å²) in [5.41, 5.74) is 0. The van der Waals surface area contributed by atoms with Gasteiger partial charge in [0.15, 0.2) is 0 Å². The Morgan fingerprint density at radius 1 is 1.71 bits per heavy atom. The van der Waals surface area contributed by atoms with Crippen molar-refractivity contribution in [3.8, 4) is 0 Å². The predicted octanol–water partition coefficient (Wildman–Crippen LogP) is -0.0303. The summed E-state index contributed by atoms with van der Waals surface area (Å²) in [7, 11) is 2.82. The van der Waals surface area contributed by atoms with Crippen molar-refractivity contribution in [1.29, 1.82) is 0 Å². The summed E-state index contributed by atoms with van der Waals surface area (Å²) in [6.45, 7) is 0. The first-order valence-electron chi connectivity index (χ1n) is 1.57.